The number of hydrogen-bond acceptors (Lipinski definition) is 7. The fraction of sp³-hybridized carbons (Fsp3) is 0.263. The molecule has 0 fully saturated rings. The van der Waals surface area contributed by atoms with Crippen molar-refractivity contribution in [2.45, 2.75) is 36.2 Å². The third-order valence-corrected chi connectivity index (χ3v) is 5.72. The number of rotatable bonds is 5. The number of carbonyl (C=O) groups is 1. The van der Waals surface area contributed by atoms with Crippen molar-refractivity contribution in [3.63, 3.8) is 0 Å². The Hall–Kier alpha value is -2.39. The summed E-state index contributed by atoms with van der Waals surface area (Å²) in [6.45, 7) is 4.37. The van der Waals surface area contributed by atoms with Gasteiger partial charge in [-0.3, -0.25) is 4.28 Å². The van der Waals surface area contributed by atoms with Crippen LogP contribution in [0.5, 0.6) is 0 Å². The Morgan fingerprint density at radius 1 is 1.11 bits per heavy atom. The quantitative estimate of drug-likeness (QED) is 0.235. The maximum absolute atomic E-state index is 14.4. The summed E-state index contributed by atoms with van der Waals surface area (Å²) in [5.41, 5.74) is -0.973. The van der Waals surface area contributed by atoms with E-state index in [9.17, 15) is 17.6 Å². The first-order valence-electron chi connectivity index (χ1n) is 8.17. The van der Waals surface area contributed by atoms with E-state index in [1.54, 1.807) is 12.1 Å². The number of esters is 1. The smallest absolute Gasteiger partial charge is 0.367 e. The van der Waals surface area contributed by atoms with Crippen LogP contribution in [0.15, 0.2) is 63.5 Å². The van der Waals surface area contributed by atoms with E-state index < -0.39 is 21.8 Å². The second-order valence-corrected chi connectivity index (χ2v) is 8.86. The van der Waals surface area contributed by atoms with Gasteiger partial charge < -0.3 is 4.74 Å². The topological polar surface area (TPSA) is 82.0 Å². The number of hydrogen-bond donors (Lipinski definition) is 0. The van der Waals surface area contributed by atoms with E-state index in [-0.39, 0.29) is 15.5 Å². The molecule has 150 valence electrons. The molecule has 9 heteroatoms. The Balaban J connectivity index is 2.35. The van der Waals surface area contributed by atoms with E-state index in [0.717, 1.165) is 24.4 Å². The summed E-state index contributed by atoms with van der Waals surface area (Å²) in [7, 11) is -3.32. The van der Waals surface area contributed by atoms with Crippen molar-refractivity contribution >= 4 is 32.9 Å². The van der Waals surface area contributed by atoms with Gasteiger partial charge in [0, 0.05) is 10.5 Å². The monoisotopic (exact) mass is 425 g/mol. The second-order valence-electron chi connectivity index (χ2n) is 6.30. The fourth-order valence-corrected chi connectivity index (χ4v) is 4.06. The lowest BCUT2D eigenvalue weighted by atomic mass is 10.0. The van der Waals surface area contributed by atoms with Crippen LogP contribution in [0, 0.1) is 6.92 Å². The Labute approximate surface area is 167 Å². The lowest BCUT2D eigenvalue weighted by Gasteiger charge is -2.17. The Kier molecular flexibility index (Phi) is 6.84. The van der Waals surface area contributed by atoms with Crippen molar-refractivity contribution in [1.82, 2.24) is 0 Å². The number of methoxy groups -OCH3 is 1. The van der Waals surface area contributed by atoms with Crippen LogP contribution in [-0.4, -0.2) is 26.5 Å². The average Bonchev–Trinajstić information content (AvgIpc) is 2.65. The number of aryl methyl sites for hydroxylation is 1. The van der Waals surface area contributed by atoms with Gasteiger partial charge in [0.25, 0.3) is 0 Å². The van der Waals surface area contributed by atoms with E-state index in [0.29, 0.717) is 4.90 Å². The lowest BCUT2D eigenvalue weighted by Crippen LogP contribution is -2.17. The van der Waals surface area contributed by atoms with Crippen molar-refractivity contribution in [2.24, 2.45) is 5.16 Å². The highest BCUT2D eigenvalue weighted by molar-refractivity contribution is 8.15. The summed E-state index contributed by atoms with van der Waals surface area (Å²) >= 11 is 0.888. The van der Waals surface area contributed by atoms with Crippen LogP contribution < -0.4 is 0 Å². The molecule has 28 heavy (non-hydrogen) atoms. The lowest BCUT2D eigenvalue weighted by molar-refractivity contribution is -0.132. The largest absolute Gasteiger partial charge is 0.464 e. The fourth-order valence-electron chi connectivity index (χ4n) is 2.20. The van der Waals surface area contributed by atoms with Crippen LogP contribution in [0.25, 0.3) is 0 Å². The number of nitrogens with zero attached hydrogens (tertiary/aromatic N) is 1. The molecule has 0 amide bonds. The first-order chi connectivity index (χ1) is 13.0. The van der Waals surface area contributed by atoms with Crippen LogP contribution in [0.1, 0.15) is 25.0 Å². The Bertz CT molecular complexity index is 980. The highest BCUT2D eigenvalue weighted by Gasteiger charge is 2.30. The molecule has 0 atom stereocenters. The maximum Gasteiger partial charge on any atom is 0.367 e. The molecule has 6 nitrogen and oxygen atoms in total. The van der Waals surface area contributed by atoms with Crippen molar-refractivity contribution in [3.8, 4) is 0 Å². The number of oxime groups is 1. The molecule has 0 aliphatic carbocycles. The van der Waals surface area contributed by atoms with E-state index in [1.807, 2.05) is 19.1 Å². The highest BCUT2D eigenvalue weighted by atomic mass is 32.2. The zero-order valence-electron chi connectivity index (χ0n) is 15.8. The van der Waals surface area contributed by atoms with Crippen molar-refractivity contribution in [3.05, 3.63) is 59.7 Å². The average molecular weight is 426 g/mol. The number of halogens is 1. The zero-order chi connectivity index (χ0) is 20.9. The number of alkyl halides is 1. The number of carbonyl (C=O) groups excluding carboxylic acids is 1. The molecule has 0 heterocycles. The van der Waals surface area contributed by atoms with Crippen LogP contribution >= 0.6 is 11.8 Å². The van der Waals surface area contributed by atoms with Crippen molar-refractivity contribution in [2.75, 3.05) is 7.11 Å². The molecule has 0 spiro atoms. The molecule has 2 aromatic rings. The normalized spacial score (nSPS) is 12.5. The SMILES string of the molecule is COC(=O)C(=NOS(=O)(=O)c1ccccc1C(C)(C)F)Sc1ccc(C)cc1. The molecule has 2 rings (SSSR count). The van der Waals surface area contributed by atoms with E-state index in [2.05, 4.69) is 9.89 Å². The molecule has 0 aromatic heterocycles. The van der Waals surface area contributed by atoms with E-state index >= 15 is 0 Å². The second kappa shape index (κ2) is 8.74. The number of ether oxygens (including phenoxy) is 1. The van der Waals surface area contributed by atoms with Crippen molar-refractivity contribution < 1.29 is 26.6 Å². The summed E-state index contributed by atoms with van der Waals surface area (Å²) in [5.74, 6) is -0.861. The maximum atomic E-state index is 14.4. The van der Waals surface area contributed by atoms with Gasteiger partial charge in [0.2, 0.25) is 5.04 Å². The van der Waals surface area contributed by atoms with Gasteiger partial charge in [-0.1, -0.05) is 52.8 Å². The van der Waals surface area contributed by atoms with Gasteiger partial charge >= 0.3 is 16.1 Å². The van der Waals surface area contributed by atoms with E-state index in [4.69, 9.17) is 4.28 Å². The molecule has 0 aliphatic rings. The molecule has 0 aliphatic heterocycles. The first-order valence-corrected chi connectivity index (χ1v) is 10.4. The van der Waals surface area contributed by atoms with Crippen LogP contribution in [0.3, 0.4) is 0 Å². The molecule has 0 N–H and O–H groups in total. The standard InChI is InChI=1S/C19H20FNO5S2/c1-13-9-11-14(12-10-13)27-17(18(22)25-4)21-26-28(23,24)16-8-6-5-7-15(16)19(2,3)20/h5-12H,1-4H3. The number of thioether (sulfide) groups is 1. The van der Waals surface area contributed by atoms with Crippen LogP contribution in [-0.2, 0) is 29.6 Å². The summed E-state index contributed by atoms with van der Waals surface area (Å²) in [5, 5.41) is 3.17. The molecular weight excluding hydrogens is 405 g/mol. The molecule has 0 saturated carbocycles. The van der Waals surface area contributed by atoms with Gasteiger partial charge in [-0.15, -0.1) is 0 Å². The van der Waals surface area contributed by atoms with Gasteiger partial charge in [0.15, 0.2) is 0 Å². The summed E-state index contributed by atoms with van der Waals surface area (Å²) in [4.78, 5) is 12.2. The van der Waals surface area contributed by atoms with Gasteiger partial charge in [0.05, 0.1) is 7.11 Å². The van der Waals surface area contributed by atoms with Gasteiger partial charge in [-0.05, 0) is 39.0 Å². The molecule has 0 bridgehead atoms. The van der Waals surface area contributed by atoms with Gasteiger partial charge in [0.1, 0.15) is 10.6 Å². The van der Waals surface area contributed by atoms with Crippen LogP contribution in [0.4, 0.5) is 4.39 Å². The minimum absolute atomic E-state index is 0.0731. The minimum atomic E-state index is -4.46. The number of benzene rings is 2. The van der Waals surface area contributed by atoms with Gasteiger partial charge in [-0.25, -0.2) is 9.18 Å². The van der Waals surface area contributed by atoms with E-state index in [1.165, 1.54) is 38.1 Å². The predicted octanol–water partition coefficient (Wildman–Crippen LogP) is 4.18. The molecule has 2 aromatic carbocycles. The van der Waals surface area contributed by atoms with Crippen molar-refractivity contribution in [1.29, 1.82) is 0 Å². The minimum Gasteiger partial charge on any atom is -0.464 e. The van der Waals surface area contributed by atoms with Gasteiger partial charge in [-0.2, -0.15) is 8.42 Å². The Morgan fingerprint density at radius 2 is 1.71 bits per heavy atom. The molecule has 0 unspecified atom stereocenters. The predicted molar refractivity (Wildman–Crippen MR) is 105 cm³/mol. The third kappa shape index (κ3) is 5.56. The Morgan fingerprint density at radius 3 is 2.29 bits per heavy atom. The molecule has 0 radical (unpaired) electrons. The third-order valence-electron chi connectivity index (χ3n) is 3.61. The highest BCUT2D eigenvalue weighted by Crippen LogP contribution is 2.31. The first kappa shape index (κ1) is 21.9. The summed E-state index contributed by atoms with van der Waals surface area (Å²) in [6, 6.07) is 12.7. The van der Waals surface area contributed by atoms with Crippen LogP contribution in [0.2, 0.25) is 0 Å². The zero-order valence-corrected chi connectivity index (χ0v) is 17.4. The summed E-state index contributed by atoms with van der Waals surface area (Å²) < 4.78 is 48.8. The molecule has 0 saturated heterocycles. The molecular formula is C19H20FNO5S2. The summed E-state index contributed by atoms with van der Waals surface area (Å²) in [6.07, 6.45) is 0.